The highest BCUT2D eigenvalue weighted by atomic mass is 35.5. The molecule has 1 aromatic rings. The van der Waals surface area contributed by atoms with E-state index in [1.54, 1.807) is 7.11 Å². The first-order valence-corrected chi connectivity index (χ1v) is 5.32. The zero-order chi connectivity index (χ0) is 11.3. The number of nitrogens with two attached hydrogens (primary N) is 1. The quantitative estimate of drug-likeness (QED) is 0.855. The largest absolute Gasteiger partial charge is 0.496 e. The molecule has 0 atom stereocenters. The molecule has 0 saturated heterocycles. The standard InChI is InChI=1S/C12H16ClNO/c1-3-9(8-14)7-10-11(13)5-4-6-12(10)15-2/h4-7H,3,8,14H2,1-2H3/b9-7-. The summed E-state index contributed by atoms with van der Waals surface area (Å²) in [5.74, 6) is 0.780. The lowest BCUT2D eigenvalue weighted by Crippen LogP contribution is -2.02. The Morgan fingerprint density at radius 2 is 2.27 bits per heavy atom. The Kier molecular flexibility index (Phi) is 4.66. The normalized spacial score (nSPS) is 11.6. The van der Waals surface area contributed by atoms with Crippen molar-refractivity contribution in [2.24, 2.45) is 5.73 Å². The number of ether oxygens (including phenoxy) is 1. The van der Waals surface area contributed by atoms with Gasteiger partial charge in [0.05, 0.1) is 12.1 Å². The van der Waals surface area contributed by atoms with Gasteiger partial charge in [-0.1, -0.05) is 30.2 Å². The highest BCUT2D eigenvalue weighted by Gasteiger charge is 2.05. The Balaban J connectivity index is 3.17. The average molecular weight is 226 g/mol. The van der Waals surface area contributed by atoms with Crippen molar-refractivity contribution in [3.8, 4) is 5.75 Å². The van der Waals surface area contributed by atoms with Crippen LogP contribution < -0.4 is 10.5 Å². The Hall–Kier alpha value is -0.990. The van der Waals surface area contributed by atoms with Crippen LogP contribution in [0.4, 0.5) is 0 Å². The van der Waals surface area contributed by atoms with Crippen LogP contribution in [-0.4, -0.2) is 13.7 Å². The van der Waals surface area contributed by atoms with E-state index >= 15 is 0 Å². The topological polar surface area (TPSA) is 35.2 Å². The van der Waals surface area contributed by atoms with E-state index in [0.29, 0.717) is 11.6 Å². The van der Waals surface area contributed by atoms with Crippen molar-refractivity contribution in [2.45, 2.75) is 13.3 Å². The number of benzene rings is 1. The zero-order valence-electron chi connectivity index (χ0n) is 9.09. The number of halogens is 1. The molecule has 0 bridgehead atoms. The Labute approximate surface area is 95.7 Å². The van der Waals surface area contributed by atoms with Crippen molar-refractivity contribution in [3.05, 3.63) is 34.4 Å². The van der Waals surface area contributed by atoms with Crippen molar-refractivity contribution in [1.82, 2.24) is 0 Å². The maximum Gasteiger partial charge on any atom is 0.127 e. The SMILES string of the molecule is CC/C(=C/c1c(Cl)cccc1OC)CN. The Morgan fingerprint density at radius 1 is 1.53 bits per heavy atom. The van der Waals surface area contributed by atoms with Crippen LogP contribution in [0.15, 0.2) is 23.8 Å². The molecule has 0 heterocycles. The predicted molar refractivity (Wildman–Crippen MR) is 65.3 cm³/mol. The summed E-state index contributed by atoms with van der Waals surface area (Å²) in [5, 5.41) is 0.689. The van der Waals surface area contributed by atoms with E-state index < -0.39 is 0 Å². The van der Waals surface area contributed by atoms with Crippen LogP contribution >= 0.6 is 11.6 Å². The minimum absolute atomic E-state index is 0.547. The van der Waals surface area contributed by atoms with E-state index in [-0.39, 0.29) is 0 Å². The van der Waals surface area contributed by atoms with Crippen molar-refractivity contribution >= 4 is 17.7 Å². The molecule has 1 rings (SSSR count). The first-order chi connectivity index (χ1) is 7.22. The first kappa shape index (κ1) is 12.1. The summed E-state index contributed by atoms with van der Waals surface area (Å²) in [5.41, 5.74) is 7.68. The van der Waals surface area contributed by atoms with E-state index in [9.17, 15) is 0 Å². The fraction of sp³-hybridized carbons (Fsp3) is 0.333. The second-order valence-corrected chi connectivity index (χ2v) is 3.62. The molecule has 3 heteroatoms. The summed E-state index contributed by atoms with van der Waals surface area (Å²) >= 11 is 6.10. The van der Waals surface area contributed by atoms with Gasteiger partial charge in [0, 0.05) is 12.1 Å². The third kappa shape index (κ3) is 2.98. The molecular weight excluding hydrogens is 210 g/mol. The van der Waals surface area contributed by atoms with Gasteiger partial charge in [-0.25, -0.2) is 0 Å². The molecule has 0 fully saturated rings. The summed E-state index contributed by atoms with van der Waals surface area (Å²) < 4.78 is 5.25. The van der Waals surface area contributed by atoms with Crippen LogP contribution in [0, 0.1) is 0 Å². The third-order valence-electron chi connectivity index (χ3n) is 2.30. The number of hydrogen-bond acceptors (Lipinski definition) is 2. The molecule has 15 heavy (non-hydrogen) atoms. The summed E-state index contributed by atoms with van der Waals surface area (Å²) in [6, 6.07) is 5.60. The van der Waals surface area contributed by atoms with Crippen LogP contribution in [-0.2, 0) is 0 Å². The molecule has 0 radical (unpaired) electrons. The smallest absolute Gasteiger partial charge is 0.127 e. The number of hydrogen-bond donors (Lipinski definition) is 1. The van der Waals surface area contributed by atoms with E-state index in [4.69, 9.17) is 22.1 Å². The second kappa shape index (κ2) is 5.79. The van der Waals surface area contributed by atoms with E-state index in [1.165, 1.54) is 0 Å². The van der Waals surface area contributed by atoms with Gasteiger partial charge >= 0.3 is 0 Å². The summed E-state index contributed by atoms with van der Waals surface area (Å²) in [6.45, 7) is 2.62. The molecule has 1 aromatic carbocycles. The lowest BCUT2D eigenvalue weighted by molar-refractivity contribution is 0.414. The second-order valence-electron chi connectivity index (χ2n) is 3.22. The van der Waals surface area contributed by atoms with Crippen molar-refractivity contribution in [3.63, 3.8) is 0 Å². The van der Waals surface area contributed by atoms with Crippen molar-refractivity contribution in [2.75, 3.05) is 13.7 Å². The van der Waals surface area contributed by atoms with Crippen LogP contribution in [0.1, 0.15) is 18.9 Å². The molecule has 2 nitrogen and oxygen atoms in total. The molecule has 0 spiro atoms. The van der Waals surface area contributed by atoms with Crippen LogP contribution in [0.3, 0.4) is 0 Å². The van der Waals surface area contributed by atoms with Gasteiger partial charge in [0.15, 0.2) is 0 Å². The van der Waals surface area contributed by atoms with E-state index in [1.807, 2.05) is 24.3 Å². The fourth-order valence-electron chi connectivity index (χ4n) is 1.34. The monoisotopic (exact) mass is 225 g/mol. The summed E-state index contributed by atoms with van der Waals surface area (Å²) in [4.78, 5) is 0. The molecule has 2 N–H and O–H groups in total. The molecule has 0 unspecified atom stereocenters. The highest BCUT2D eigenvalue weighted by molar-refractivity contribution is 6.32. The van der Waals surface area contributed by atoms with Gasteiger partial charge < -0.3 is 10.5 Å². The van der Waals surface area contributed by atoms with Gasteiger partial charge in [-0.2, -0.15) is 0 Å². The molecule has 82 valence electrons. The highest BCUT2D eigenvalue weighted by Crippen LogP contribution is 2.28. The molecule has 0 saturated carbocycles. The molecule has 0 aliphatic heterocycles. The van der Waals surface area contributed by atoms with Crippen molar-refractivity contribution < 1.29 is 4.74 Å². The molecule has 0 aliphatic rings. The van der Waals surface area contributed by atoms with E-state index in [2.05, 4.69) is 6.92 Å². The maximum absolute atomic E-state index is 6.10. The average Bonchev–Trinajstić information content (AvgIpc) is 2.27. The lowest BCUT2D eigenvalue weighted by atomic mass is 10.1. The van der Waals surface area contributed by atoms with Crippen LogP contribution in [0.5, 0.6) is 5.75 Å². The molecule has 0 amide bonds. The van der Waals surface area contributed by atoms with Crippen molar-refractivity contribution in [1.29, 1.82) is 0 Å². The fourth-order valence-corrected chi connectivity index (χ4v) is 1.57. The number of rotatable bonds is 4. The van der Waals surface area contributed by atoms with Gasteiger partial charge in [-0.15, -0.1) is 0 Å². The summed E-state index contributed by atoms with van der Waals surface area (Å²) in [6.07, 6.45) is 2.92. The van der Waals surface area contributed by atoms with Gasteiger partial charge in [-0.3, -0.25) is 0 Å². The Morgan fingerprint density at radius 3 is 2.80 bits per heavy atom. The van der Waals surface area contributed by atoms with Gasteiger partial charge in [0.1, 0.15) is 5.75 Å². The number of methoxy groups -OCH3 is 1. The molecular formula is C12H16ClNO. The summed E-state index contributed by atoms with van der Waals surface area (Å²) in [7, 11) is 1.64. The third-order valence-corrected chi connectivity index (χ3v) is 2.63. The molecule has 0 aromatic heterocycles. The minimum atomic E-state index is 0.547. The molecule has 0 aliphatic carbocycles. The predicted octanol–water partition coefficient (Wildman–Crippen LogP) is 3.10. The maximum atomic E-state index is 6.10. The van der Waals surface area contributed by atoms with E-state index in [0.717, 1.165) is 23.3 Å². The first-order valence-electron chi connectivity index (χ1n) is 4.95. The van der Waals surface area contributed by atoms with Gasteiger partial charge in [-0.05, 0) is 24.6 Å². The van der Waals surface area contributed by atoms with Crippen LogP contribution in [0.2, 0.25) is 5.02 Å². The zero-order valence-corrected chi connectivity index (χ0v) is 9.84. The van der Waals surface area contributed by atoms with Gasteiger partial charge in [0.2, 0.25) is 0 Å². The van der Waals surface area contributed by atoms with Gasteiger partial charge in [0.25, 0.3) is 0 Å². The minimum Gasteiger partial charge on any atom is -0.496 e. The lowest BCUT2D eigenvalue weighted by Gasteiger charge is -2.08. The van der Waals surface area contributed by atoms with Crippen LogP contribution in [0.25, 0.3) is 6.08 Å². The Bertz CT molecular complexity index is 355.